The smallest absolute Gasteiger partial charge is 0.229 e. The summed E-state index contributed by atoms with van der Waals surface area (Å²) in [5.41, 5.74) is 6.70. The molecule has 0 aliphatic carbocycles. The Morgan fingerprint density at radius 1 is 1.39 bits per heavy atom. The van der Waals surface area contributed by atoms with Crippen LogP contribution in [0.15, 0.2) is 4.52 Å². The molecule has 2 rings (SSSR count). The van der Waals surface area contributed by atoms with E-state index in [1.807, 2.05) is 13.8 Å². The van der Waals surface area contributed by atoms with Gasteiger partial charge in [0.2, 0.25) is 5.89 Å². The molecule has 7 heteroatoms. The third kappa shape index (κ3) is 2.49. The molecule has 0 saturated carbocycles. The minimum atomic E-state index is 0.224. The van der Waals surface area contributed by atoms with Crippen LogP contribution in [-0.2, 0) is 13.0 Å². The summed E-state index contributed by atoms with van der Waals surface area (Å²) in [4.78, 5) is 4.31. The van der Waals surface area contributed by atoms with E-state index in [-0.39, 0.29) is 5.92 Å². The van der Waals surface area contributed by atoms with Crippen LogP contribution in [0.3, 0.4) is 0 Å². The highest BCUT2D eigenvalue weighted by Crippen LogP contribution is 2.14. The summed E-state index contributed by atoms with van der Waals surface area (Å²) in [7, 11) is 0. The average Bonchev–Trinajstić information content (AvgIpc) is 2.91. The highest BCUT2D eigenvalue weighted by molar-refractivity contribution is 5.33. The first-order chi connectivity index (χ1) is 8.61. The lowest BCUT2D eigenvalue weighted by Gasteiger charge is -2.02. The van der Waals surface area contributed by atoms with Gasteiger partial charge in [-0.25, -0.2) is 4.68 Å². The Labute approximate surface area is 105 Å². The number of aromatic nitrogens is 5. The van der Waals surface area contributed by atoms with Crippen LogP contribution in [0.1, 0.15) is 50.5 Å². The van der Waals surface area contributed by atoms with E-state index < -0.39 is 0 Å². The van der Waals surface area contributed by atoms with Crippen molar-refractivity contribution < 1.29 is 4.52 Å². The Bertz CT molecular complexity index is 515. The zero-order chi connectivity index (χ0) is 13.1. The third-order valence-corrected chi connectivity index (χ3v) is 2.62. The Morgan fingerprint density at radius 3 is 2.78 bits per heavy atom. The number of anilines is 1. The van der Waals surface area contributed by atoms with Gasteiger partial charge >= 0.3 is 0 Å². The molecule has 2 aromatic heterocycles. The molecule has 0 aromatic carbocycles. The molecule has 2 N–H and O–H groups in total. The van der Waals surface area contributed by atoms with Crippen molar-refractivity contribution in [2.75, 3.05) is 5.73 Å². The van der Waals surface area contributed by atoms with E-state index in [0.717, 1.165) is 18.5 Å². The minimum Gasteiger partial charge on any atom is -0.381 e. The van der Waals surface area contributed by atoms with Gasteiger partial charge in [-0.05, 0) is 6.42 Å². The molecule has 0 spiro atoms. The van der Waals surface area contributed by atoms with E-state index in [4.69, 9.17) is 10.3 Å². The van der Waals surface area contributed by atoms with Gasteiger partial charge in [0.1, 0.15) is 6.54 Å². The quantitative estimate of drug-likeness (QED) is 0.860. The molecule has 0 aliphatic heterocycles. The summed E-state index contributed by atoms with van der Waals surface area (Å²) in [6.07, 6.45) is 1.83. The third-order valence-electron chi connectivity index (χ3n) is 2.62. The first kappa shape index (κ1) is 12.5. The number of nitrogens with zero attached hydrogens (tertiary/aromatic N) is 5. The van der Waals surface area contributed by atoms with Crippen molar-refractivity contribution in [2.24, 2.45) is 0 Å². The fourth-order valence-corrected chi connectivity index (χ4v) is 1.67. The Morgan fingerprint density at radius 2 is 2.17 bits per heavy atom. The van der Waals surface area contributed by atoms with E-state index >= 15 is 0 Å². The van der Waals surface area contributed by atoms with E-state index in [0.29, 0.717) is 24.1 Å². The van der Waals surface area contributed by atoms with E-state index in [1.165, 1.54) is 0 Å². The second-order valence-corrected chi connectivity index (χ2v) is 4.53. The number of hydrogen-bond acceptors (Lipinski definition) is 6. The maximum absolute atomic E-state index is 5.78. The standard InChI is InChI=1S/C11H18N6O/c1-4-5-8-10(12)14-16-17(8)6-9-13-11(7(2)3)18-15-9/h7H,4-6,12H2,1-3H3. The van der Waals surface area contributed by atoms with Crippen LogP contribution in [0.4, 0.5) is 5.82 Å². The lowest BCUT2D eigenvalue weighted by atomic mass is 10.2. The Balaban J connectivity index is 2.17. The van der Waals surface area contributed by atoms with Crippen molar-refractivity contribution in [3.8, 4) is 0 Å². The highest BCUT2D eigenvalue weighted by atomic mass is 16.5. The van der Waals surface area contributed by atoms with E-state index in [9.17, 15) is 0 Å². The van der Waals surface area contributed by atoms with Gasteiger partial charge in [-0.1, -0.05) is 37.6 Å². The van der Waals surface area contributed by atoms with Gasteiger partial charge < -0.3 is 10.3 Å². The lowest BCUT2D eigenvalue weighted by molar-refractivity contribution is 0.359. The van der Waals surface area contributed by atoms with Crippen molar-refractivity contribution in [3.05, 3.63) is 17.4 Å². The van der Waals surface area contributed by atoms with Crippen LogP contribution >= 0.6 is 0 Å². The van der Waals surface area contributed by atoms with E-state index in [1.54, 1.807) is 4.68 Å². The zero-order valence-corrected chi connectivity index (χ0v) is 10.9. The SMILES string of the molecule is CCCc1c(N)nnn1Cc1noc(C(C)C)n1. The van der Waals surface area contributed by atoms with Crippen LogP contribution in [0.25, 0.3) is 0 Å². The monoisotopic (exact) mass is 250 g/mol. The molecule has 0 atom stereocenters. The van der Waals surface area contributed by atoms with Gasteiger partial charge in [-0.2, -0.15) is 4.98 Å². The number of rotatable bonds is 5. The molecule has 2 heterocycles. The van der Waals surface area contributed by atoms with Gasteiger partial charge in [-0.15, -0.1) is 5.10 Å². The Hall–Kier alpha value is -1.92. The molecule has 0 unspecified atom stereocenters. The molecule has 7 nitrogen and oxygen atoms in total. The number of nitrogen functional groups attached to an aromatic ring is 1. The van der Waals surface area contributed by atoms with Crippen molar-refractivity contribution in [2.45, 2.75) is 46.1 Å². The summed E-state index contributed by atoms with van der Waals surface area (Å²) < 4.78 is 6.88. The maximum atomic E-state index is 5.78. The molecule has 2 aromatic rings. The van der Waals surface area contributed by atoms with Crippen LogP contribution < -0.4 is 5.73 Å². The summed E-state index contributed by atoms with van der Waals surface area (Å²) in [5.74, 6) is 1.93. The summed E-state index contributed by atoms with van der Waals surface area (Å²) in [6.45, 7) is 6.54. The fourth-order valence-electron chi connectivity index (χ4n) is 1.67. The second-order valence-electron chi connectivity index (χ2n) is 4.53. The lowest BCUT2D eigenvalue weighted by Crippen LogP contribution is -2.08. The van der Waals surface area contributed by atoms with Gasteiger partial charge in [0.15, 0.2) is 11.6 Å². The van der Waals surface area contributed by atoms with Gasteiger partial charge in [-0.3, -0.25) is 0 Å². The van der Waals surface area contributed by atoms with Crippen molar-refractivity contribution in [1.82, 2.24) is 25.1 Å². The molecule has 0 bridgehead atoms. The normalized spacial score (nSPS) is 11.3. The van der Waals surface area contributed by atoms with Gasteiger partial charge in [0, 0.05) is 5.92 Å². The predicted molar refractivity (Wildman–Crippen MR) is 65.9 cm³/mol. The van der Waals surface area contributed by atoms with Gasteiger partial charge in [0.25, 0.3) is 0 Å². The first-order valence-corrected chi connectivity index (χ1v) is 6.12. The van der Waals surface area contributed by atoms with Crippen LogP contribution in [0.5, 0.6) is 0 Å². The molecule has 0 radical (unpaired) electrons. The first-order valence-electron chi connectivity index (χ1n) is 6.12. The average molecular weight is 250 g/mol. The molecule has 0 fully saturated rings. The van der Waals surface area contributed by atoms with E-state index in [2.05, 4.69) is 27.4 Å². The maximum Gasteiger partial charge on any atom is 0.229 e. The number of nitrogens with two attached hydrogens (primary N) is 1. The summed E-state index contributed by atoms with van der Waals surface area (Å²) in [6, 6.07) is 0. The largest absolute Gasteiger partial charge is 0.381 e. The van der Waals surface area contributed by atoms with Gasteiger partial charge in [0.05, 0.1) is 5.69 Å². The van der Waals surface area contributed by atoms with Crippen molar-refractivity contribution in [3.63, 3.8) is 0 Å². The molecule has 0 aliphatic rings. The predicted octanol–water partition coefficient (Wildman–Crippen LogP) is 1.37. The molecule has 0 saturated heterocycles. The summed E-state index contributed by atoms with van der Waals surface area (Å²) >= 11 is 0. The molecule has 0 amide bonds. The highest BCUT2D eigenvalue weighted by Gasteiger charge is 2.14. The molecular formula is C11H18N6O. The summed E-state index contributed by atoms with van der Waals surface area (Å²) in [5, 5.41) is 11.8. The van der Waals surface area contributed by atoms with Crippen LogP contribution in [0.2, 0.25) is 0 Å². The van der Waals surface area contributed by atoms with Crippen LogP contribution in [0, 0.1) is 0 Å². The minimum absolute atomic E-state index is 0.224. The molecule has 98 valence electrons. The second kappa shape index (κ2) is 5.16. The molecular weight excluding hydrogens is 232 g/mol. The topological polar surface area (TPSA) is 95.7 Å². The zero-order valence-electron chi connectivity index (χ0n) is 10.9. The molecule has 18 heavy (non-hydrogen) atoms. The number of hydrogen-bond donors (Lipinski definition) is 1. The Kier molecular flexibility index (Phi) is 3.59. The fraction of sp³-hybridized carbons (Fsp3) is 0.636. The van der Waals surface area contributed by atoms with Crippen LogP contribution in [-0.4, -0.2) is 25.1 Å². The van der Waals surface area contributed by atoms with Crippen molar-refractivity contribution in [1.29, 1.82) is 0 Å². The van der Waals surface area contributed by atoms with Crippen molar-refractivity contribution >= 4 is 5.82 Å².